The van der Waals surface area contributed by atoms with Crippen molar-refractivity contribution in [2.75, 3.05) is 5.32 Å². The van der Waals surface area contributed by atoms with Crippen LogP contribution in [0.3, 0.4) is 0 Å². The molecule has 0 aliphatic rings. The van der Waals surface area contributed by atoms with Gasteiger partial charge in [0.25, 0.3) is 5.91 Å². The summed E-state index contributed by atoms with van der Waals surface area (Å²) in [7, 11) is 0. The molecule has 0 heterocycles. The zero-order chi connectivity index (χ0) is 19.9. The fraction of sp³-hybridized carbons (Fsp3) is 0.0909. The van der Waals surface area contributed by atoms with E-state index < -0.39 is 5.91 Å². The molecule has 0 fully saturated rings. The third-order valence-corrected chi connectivity index (χ3v) is 4.27. The van der Waals surface area contributed by atoms with Gasteiger partial charge in [0.2, 0.25) is 0 Å². The SMILES string of the molecule is N#C/C(=C/NCc1ccc(CO)cc1)C(=O)Nc1cccc2c(O)cccc12. The topological polar surface area (TPSA) is 105 Å². The summed E-state index contributed by atoms with van der Waals surface area (Å²) in [5.74, 6) is -0.417. The summed E-state index contributed by atoms with van der Waals surface area (Å²) in [6.07, 6.45) is 1.37. The van der Waals surface area contributed by atoms with E-state index in [1.165, 1.54) is 6.20 Å². The van der Waals surface area contributed by atoms with E-state index in [1.807, 2.05) is 30.3 Å². The van der Waals surface area contributed by atoms with Gasteiger partial charge in [-0.05, 0) is 23.3 Å². The number of nitriles is 1. The summed E-state index contributed by atoms with van der Waals surface area (Å²) in [6, 6.07) is 19.5. The van der Waals surface area contributed by atoms with Gasteiger partial charge in [-0.2, -0.15) is 5.26 Å². The van der Waals surface area contributed by atoms with E-state index in [2.05, 4.69) is 10.6 Å². The Morgan fingerprint density at radius 1 is 1.00 bits per heavy atom. The number of aliphatic hydroxyl groups excluding tert-OH is 1. The lowest BCUT2D eigenvalue weighted by Gasteiger charge is -2.09. The number of hydrogen-bond acceptors (Lipinski definition) is 5. The first kappa shape index (κ1) is 19.0. The van der Waals surface area contributed by atoms with Crippen LogP contribution < -0.4 is 10.6 Å². The van der Waals surface area contributed by atoms with Crippen LogP contribution in [0.15, 0.2) is 72.4 Å². The number of fused-ring (bicyclic) bond motifs is 1. The highest BCUT2D eigenvalue weighted by atomic mass is 16.3. The highest BCUT2D eigenvalue weighted by Gasteiger charge is 2.12. The van der Waals surface area contributed by atoms with Crippen molar-refractivity contribution in [2.45, 2.75) is 13.2 Å². The summed E-state index contributed by atoms with van der Waals surface area (Å²) < 4.78 is 0. The molecule has 0 spiro atoms. The summed E-state index contributed by atoms with van der Waals surface area (Å²) in [4.78, 5) is 12.5. The molecule has 4 N–H and O–H groups in total. The van der Waals surface area contributed by atoms with Crippen molar-refractivity contribution in [1.82, 2.24) is 5.32 Å². The number of carbonyl (C=O) groups is 1. The minimum atomic E-state index is -0.540. The number of nitrogens with one attached hydrogen (secondary N) is 2. The number of benzene rings is 3. The molecular formula is C22H19N3O3. The van der Waals surface area contributed by atoms with Crippen molar-refractivity contribution in [3.05, 3.63) is 83.6 Å². The molecule has 3 aromatic rings. The van der Waals surface area contributed by atoms with Crippen molar-refractivity contribution in [3.63, 3.8) is 0 Å². The molecular weight excluding hydrogens is 354 g/mol. The Morgan fingerprint density at radius 2 is 1.68 bits per heavy atom. The second-order valence-electron chi connectivity index (χ2n) is 6.16. The molecule has 0 saturated heterocycles. The number of anilines is 1. The lowest BCUT2D eigenvalue weighted by atomic mass is 10.1. The summed E-state index contributed by atoms with van der Waals surface area (Å²) >= 11 is 0. The number of aromatic hydroxyl groups is 1. The Hall–Kier alpha value is -3.82. The number of phenols is 1. The Bertz CT molecular complexity index is 1070. The van der Waals surface area contributed by atoms with E-state index in [9.17, 15) is 15.2 Å². The van der Waals surface area contributed by atoms with E-state index in [0.29, 0.717) is 23.0 Å². The number of phenolic OH excluding ortho intramolecular Hbond substituents is 1. The molecule has 140 valence electrons. The Balaban J connectivity index is 1.70. The first-order valence-electron chi connectivity index (χ1n) is 8.66. The zero-order valence-electron chi connectivity index (χ0n) is 15.0. The molecule has 6 heteroatoms. The zero-order valence-corrected chi connectivity index (χ0v) is 15.0. The molecule has 0 aromatic heterocycles. The van der Waals surface area contributed by atoms with E-state index in [4.69, 9.17) is 5.11 Å². The van der Waals surface area contributed by atoms with Gasteiger partial charge in [0, 0.05) is 29.2 Å². The fourth-order valence-electron chi connectivity index (χ4n) is 2.77. The lowest BCUT2D eigenvalue weighted by molar-refractivity contribution is -0.112. The van der Waals surface area contributed by atoms with Crippen LogP contribution in [0.5, 0.6) is 5.75 Å². The second-order valence-corrected chi connectivity index (χ2v) is 6.16. The van der Waals surface area contributed by atoms with E-state index in [1.54, 1.807) is 36.4 Å². The number of rotatable bonds is 6. The van der Waals surface area contributed by atoms with Gasteiger partial charge >= 0.3 is 0 Å². The quantitative estimate of drug-likeness (QED) is 0.392. The third-order valence-electron chi connectivity index (χ3n) is 4.27. The first-order valence-corrected chi connectivity index (χ1v) is 8.66. The molecule has 0 atom stereocenters. The van der Waals surface area contributed by atoms with E-state index in [0.717, 1.165) is 11.1 Å². The Morgan fingerprint density at radius 3 is 2.39 bits per heavy atom. The molecule has 6 nitrogen and oxygen atoms in total. The Labute approximate surface area is 162 Å². The highest BCUT2D eigenvalue weighted by Crippen LogP contribution is 2.29. The van der Waals surface area contributed by atoms with Gasteiger partial charge in [-0.25, -0.2) is 0 Å². The van der Waals surface area contributed by atoms with Crippen LogP contribution in [0.4, 0.5) is 5.69 Å². The van der Waals surface area contributed by atoms with Gasteiger partial charge in [-0.15, -0.1) is 0 Å². The van der Waals surface area contributed by atoms with Crippen LogP contribution in [-0.2, 0) is 17.9 Å². The van der Waals surface area contributed by atoms with Crippen molar-refractivity contribution >= 4 is 22.4 Å². The normalized spacial score (nSPS) is 11.1. The number of hydrogen-bond donors (Lipinski definition) is 4. The molecule has 0 aliphatic carbocycles. The standard InChI is InChI=1S/C22H19N3O3/c23-11-17(13-24-12-15-7-9-16(14-26)10-8-15)22(28)25-20-5-1-4-19-18(20)3-2-6-21(19)27/h1-10,13,24,26-27H,12,14H2,(H,25,28)/b17-13-. The molecule has 3 rings (SSSR count). The average Bonchev–Trinajstić information content (AvgIpc) is 2.72. The minimum Gasteiger partial charge on any atom is -0.507 e. The van der Waals surface area contributed by atoms with Crippen molar-refractivity contribution in [1.29, 1.82) is 5.26 Å². The Kier molecular flexibility index (Phi) is 5.90. The van der Waals surface area contributed by atoms with Crippen LogP contribution in [0.1, 0.15) is 11.1 Å². The maximum absolute atomic E-state index is 12.5. The van der Waals surface area contributed by atoms with Crippen LogP contribution in [0.2, 0.25) is 0 Å². The van der Waals surface area contributed by atoms with Gasteiger partial charge in [0.1, 0.15) is 17.4 Å². The molecule has 0 unspecified atom stereocenters. The molecule has 3 aromatic carbocycles. The number of amides is 1. The lowest BCUT2D eigenvalue weighted by Crippen LogP contribution is -2.16. The van der Waals surface area contributed by atoms with E-state index >= 15 is 0 Å². The van der Waals surface area contributed by atoms with Crippen LogP contribution in [0, 0.1) is 11.3 Å². The van der Waals surface area contributed by atoms with Gasteiger partial charge in [0.15, 0.2) is 0 Å². The van der Waals surface area contributed by atoms with Crippen molar-refractivity contribution in [2.24, 2.45) is 0 Å². The molecule has 28 heavy (non-hydrogen) atoms. The summed E-state index contributed by atoms with van der Waals surface area (Å²) in [6.45, 7) is 0.421. The molecule has 1 amide bonds. The summed E-state index contributed by atoms with van der Waals surface area (Å²) in [5.41, 5.74) is 2.22. The first-order chi connectivity index (χ1) is 13.6. The maximum atomic E-state index is 12.5. The van der Waals surface area contributed by atoms with Crippen molar-refractivity contribution < 1.29 is 15.0 Å². The molecule has 0 bridgehead atoms. The fourth-order valence-corrected chi connectivity index (χ4v) is 2.77. The predicted octanol–water partition coefficient (Wildman–Crippen LogP) is 3.17. The average molecular weight is 373 g/mol. The third kappa shape index (κ3) is 4.29. The van der Waals surface area contributed by atoms with Crippen LogP contribution in [0.25, 0.3) is 10.8 Å². The van der Waals surface area contributed by atoms with Gasteiger partial charge < -0.3 is 20.8 Å². The number of aliphatic hydroxyl groups is 1. The maximum Gasteiger partial charge on any atom is 0.267 e. The number of carbonyl (C=O) groups excluding carboxylic acids is 1. The largest absolute Gasteiger partial charge is 0.507 e. The van der Waals surface area contributed by atoms with Crippen LogP contribution in [-0.4, -0.2) is 16.1 Å². The van der Waals surface area contributed by atoms with E-state index in [-0.39, 0.29) is 17.9 Å². The highest BCUT2D eigenvalue weighted by molar-refractivity contribution is 6.11. The molecule has 0 aliphatic heterocycles. The molecule has 0 radical (unpaired) electrons. The van der Waals surface area contributed by atoms with Gasteiger partial charge in [-0.1, -0.05) is 48.5 Å². The second kappa shape index (κ2) is 8.71. The smallest absolute Gasteiger partial charge is 0.267 e. The molecule has 0 saturated carbocycles. The van der Waals surface area contributed by atoms with Gasteiger partial charge in [0.05, 0.1) is 6.61 Å². The van der Waals surface area contributed by atoms with Crippen molar-refractivity contribution in [3.8, 4) is 11.8 Å². The predicted molar refractivity (Wildman–Crippen MR) is 107 cm³/mol. The number of nitrogens with zero attached hydrogens (tertiary/aromatic N) is 1. The minimum absolute atomic E-state index is 0.0156. The van der Waals surface area contributed by atoms with Gasteiger partial charge in [-0.3, -0.25) is 4.79 Å². The monoisotopic (exact) mass is 373 g/mol. The van der Waals surface area contributed by atoms with Crippen LogP contribution >= 0.6 is 0 Å². The summed E-state index contributed by atoms with van der Waals surface area (Å²) in [5, 5.41) is 35.3.